The van der Waals surface area contributed by atoms with Gasteiger partial charge in [-0.2, -0.15) is 0 Å². The van der Waals surface area contributed by atoms with Gasteiger partial charge in [-0.25, -0.2) is 0 Å². The average molecular weight is 324 g/mol. The summed E-state index contributed by atoms with van der Waals surface area (Å²) in [6.07, 6.45) is 1.15. The zero-order valence-electron chi connectivity index (χ0n) is 10.7. The third-order valence-corrected chi connectivity index (χ3v) is 4.44. The summed E-state index contributed by atoms with van der Waals surface area (Å²) >= 11 is 5.36. The van der Waals surface area contributed by atoms with Crippen LogP contribution in [0.1, 0.15) is 34.7 Å². The molecule has 0 saturated carbocycles. The molecular formula is C15H18BrNS. The second-order valence-electron chi connectivity index (χ2n) is 4.39. The predicted molar refractivity (Wildman–Crippen MR) is 83.3 cm³/mol. The van der Waals surface area contributed by atoms with Crippen molar-refractivity contribution in [2.75, 3.05) is 6.54 Å². The standard InChI is InChI=1S/C15H18BrNS/c1-3-10-17-15(14-9-4-11(2)18-14)12-5-7-13(16)8-6-12/h4-9,15,17H,3,10H2,1-2H3. The Morgan fingerprint density at radius 1 is 1.17 bits per heavy atom. The van der Waals surface area contributed by atoms with Crippen molar-refractivity contribution < 1.29 is 0 Å². The van der Waals surface area contributed by atoms with E-state index in [0.29, 0.717) is 6.04 Å². The van der Waals surface area contributed by atoms with Crippen LogP contribution in [0.2, 0.25) is 0 Å². The molecular weight excluding hydrogens is 306 g/mol. The first-order chi connectivity index (χ1) is 8.70. The molecule has 1 unspecified atom stereocenters. The van der Waals surface area contributed by atoms with Crippen LogP contribution in [0.4, 0.5) is 0 Å². The summed E-state index contributed by atoms with van der Waals surface area (Å²) < 4.78 is 1.13. The summed E-state index contributed by atoms with van der Waals surface area (Å²) in [5.41, 5.74) is 1.33. The number of benzene rings is 1. The van der Waals surface area contributed by atoms with Crippen LogP contribution in [0.25, 0.3) is 0 Å². The van der Waals surface area contributed by atoms with Crippen molar-refractivity contribution in [1.82, 2.24) is 5.32 Å². The van der Waals surface area contributed by atoms with Crippen LogP contribution in [-0.2, 0) is 0 Å². The van der Waals surface area contributed by atoms with E-state index < -0.39 is 0 Å². The molecule has 3 heteroatoms. The first-order valence-corrected chi connectivity index (χ1v) is 7.87. The maximum Gasteiger partial charge on any atom is 0.0671 e. The molecule has 1 nitrogen and oxygen atoms in total. The Bertz CT molecular complexity index is 489. The van der Waals surface area contributed by atoms with E-state index in [9.17, 15) is 0 Å². The maximum atomic E-state index is 3.63. The molecule has 0 aliphatic heterocycles. The van der Waals surface area contributed by atoms with Crippen molar-refractivity contribution in [3.63, 3.8) is 0 Å². The Morgan fingerprint density at radius 2 is 1.89 bits per heavy atom. The topological polar surface area (TPSA) is 12.0 Å². The Hall–Kier alpha value is -0.640. The van der Waals surface area contributed by atoms with Crippen molar-refractivity contribution >= 4 is 27.3 Å². The SMILES string of the molecule is CCCNC(c1ccc(Br)cc1)c1ccc(C)s1. The minimum absolute atomic E-state index is 0.316. The lowest BCUT2D eigenvalue weighted by atomic mass is 10.1. The maximum absolute atomic E-state index is 3.63. The minimum Gasteiger partial charge on any atom is -0.306 e. The number of nitrogens with one attached hydrogen (secondary N) is 1. The van der Waals surface area contributed by atoms with Gasteiger partial charge in [-0.3, -0.25) is 0 Å². The third kappa shape index (κ3) is 3.44. The van der Waals surface area contributed by atoms with Gasteiger partial charge in [-0.05, 0) is 49.7 Å². The van der Waals surface area contributed by atoms with Gasteiger partial charge in [0.1, 0.15) is 0 Å². The summed E-state index contributed by atoms with van der Waals surface area (Å²) in [4.78, 5) is 2.76. The molecule has 2 rings (SSSR count). The molecule has 0 amide bonds. The lowest BCUT2D eigenvalue weighted by Crippen LogP contribution is -2.22. The van der Waals surface area contributed by atoms with Gasteiger partial charge < -0.3 is 5.32 Å². The smallest absolute Gasteiger partial charge is 0.0671 e. The number of thiophene rings is 1. The van der Waals surface area contributed by atoms with Crippen molar-refractivity contribution in [1.29, 1.82) is 0 Å². The molecule has 0 fully saturated rings. The Morgan fingerprint density at radius 3 is 2.44 bits per heavy atom. The average Bonchev–Trinajstić information content (AvgIpc) is 2.78. The fourth-order valence-electron chi connectivity index (χ4n) is 1.94. The van der Waals surface area contributed by atoms with Crippen molar-refractivity contribution in [3.8, 4) is 0 Å². The Labute approximate surface area is 121 Å². The number of halogens is 1. The molecule has 1 N–H and O–H groups in total. The number of hydrogen-bond donors (Lipinski definition) is 1. The molecule has 0 aliphatic rings. The van der Waals surface area contributed by atoms with Crippen LogP contribution in [0.3, 0.4) is 0 Å². The van der Waals surface area contributed by atoms with Gasteiger partial charge in [-0.1, -0.05) is 35.0 Å². The predicted octanol–water partition coefficient (Wildman–Crippen LogP) is 4.91. The molecule has 96 valence electrons. The second-order valence-corrected chi connectivity index (χ2v) is 6.62. The van der Waals surface area contributed by atoms with Gasteiger partial charge in [0.25, 0.3) is 0 Å². The summed E-state index contributed by atoms with van der Waals surface area (Å²) in [5.74, 6) is 0. The second kappa shape index (κ2) is 6.50. The highest BCUT2D eigenvalue weighted by Gasteiger charge is 2.14. The molecule has 2 aromatic rings. The Balaban J connectivity index is 2.27. The molecule has 0 spiro atoms. The molecule has 0 saturated heterocycles. The lowest BCUT2D eigenvalue weighted by molar-refractivity contribution is 0.606. The highest BCUT2D eigenvalue weighted by molar-refractivity contribution is 9.10. The van der Waals surface area contributed by atoms with E-state index in [1.165, 1.54) is 15.3 Å². The van der Waals surface area contributed by atoms with Gasteiger partial charge in [0.05, 0.1) is 6.04 Å². The van der Waals surface area contributed by atoms with Crippen molar-refractivity contribution in [2.45, 2.75) is 26.3 Å². The first kappa shape index (κ1) is 13.8. The highest BCUT2D eigenvalue weighted by atomic mass is 79.9. The van der Waals surface area contributed by atoms with Gasteiger partial charge >= 0.3 is 0 Å². The minimum atomic E-state index is 0.316. The fourth-order valence-corrected chi connectivity index (χ4v) is 3.18. The number of rotatable bonds is 5. The first-order valence-electron chi connectivity index (χ1n) is 6.26. The zero-order chi connectivity index (χ0) is 13.0. The van der Waals surface area contributed by atoms with E-state index in [4.69, 9.17) is 0 Å². The van der Waals surface area contributed by atoms with Gasteiger partial charge in [0.15, 0.2) is 0 Å². The molecule has 0 radical (unpaired) electrons. The van der Waals surface area contributed by atoms with E-state index in [-0.39, 0.29) is 0 Å². The lowest BCUT2D eigenvalue weighted by Gasteiger charge is -2.17. The normalized spacial score (nSPS) is 12.6. The highest BCUT2D eigenvalue weighted by Crippen LogP contribution is 2.29. The number of hydrogen-bond acceptors (Lipinski definition) is 2. The van der Waals surface area contributed by atoms with Crippen molar-refractivity contribution in [3.05, 3.63) is 56.2 Å². The Kier molecular flexibility index (Phi) is 4.98. The van der Waals surface area contributed by atoms with E-state index >= 15 is 0 Å². The molecule has 0 aliphatic carbocycles. The van der Waals surface area contributed by atoms with Crippen LogP contribution < -0.4 is 5.32 Å². The summed E-state index contributed by atoms with van der Waals surface area (Å²) in [7, 11) is 0. The zero-order valence-corrected chi connectivity index (χ0v) is 13.1. The third-order valence-electron chi connectivity index (χ3n) is 2.85. The molecule has 0 bridgehead atoms. The summed E-state index contributed by atoms with van der Waals surface area (Å²) in [5, 5.41) is 3.63. The quantitative estimate of drug-likeness (QED) is 0.824. The van der Waals surface area contributed by atoms with Crippen LogP contribution in [0.15, 0.2) is 40.9 Å². The van der Waals surface area contributed by atoms with Crippen LogP contribution in [-0.4, -0.2) is 6.54 Å². The van der Waals surface area contributed by atoms with E-state index in [2.05, 4.69) is 71.5 Å². The summed E-state index contributed by atoms with van der Waals surface area (Å²) in [6.45, 7) is 5.40. The largest absolute Gasteiger partial charge is 0.306 e. The van der Waals surface area contributed by atoms with Crippen LogP contribution in [0.5, 0.6) is 0 Å². The van der Waals surface area contributed by atoms with Crippen LogP contribution in [0, 0.1) is 6.92 Å². The fraction of sp³-hybridized carbons (Fsp3) is 0.333. The van der Waals surface area contributed by atoms with Gasteiger partial charge in [0.2, 0.25) is 0 Å². The monoisotopic (exact) mass is 323 g/mol. The molecule has 1 heterocycles. The molecule has 1 aromatic heterocycles. The van der Waals surface area contributed by atoms with E-state index in [1.807, 2.05) is 11.3 Å². The van der Waals surface area contributed by atoms with E-state index in [0.717, 1.165) is 17.4 Å². The molecule has 18 heavy (non-hydrogen) atoms. The van der Waals surface area contributed by atoms with Gasteiger partial charge in [0, 0.05) is 14.2 Å². The van der Waals surface area contributed by atoms with E-state index in [1.54, 1.807) is 0 Å². The summed E-state index contributed by atoms with van der Waals surface area (Å²) in [6, 6.07) is 13.3. The molecule has 1 atom stereocenters. The van der Waals surface area contributed by atoms with Crippen LogP contribution >= 0.6 is 27.3 Å². The van der Waals surface area contributed by atoms with Crippen molar-refractivity contribution in [2.24, 2.45) is 0 Å². The molecule has 1 aromatic carbocycles. The number of aryl methyl sites for hydroxylation is 1. The van der Waals surface area contributed by atoms with Gasteiger partial charge in [-0.15, -0.1) is 11.3 Å².